The van der Waals surface area contributed by atoms with Gasteiger partial charge in [0.2, 0.25) is 0 Å². The first kappa shape index (κ1) is 11.1. The van der Waals surface area contributed by atoms with E-state index >= 15 is 0 Å². The summed E-state index contributed by atoms with van der Waals surface area (Å²) in [7, 11) is 0. The molecule has 0 unspecified atom stereocenters. The molecule has 2 aromatic carbocycles. The van der Waals surface area contributed by atoms with Crippen LogP contribution in [0.5, 0.6) is 0 Å². The summed E-state index contributed by atoms with van der Waals surface area (Å²) in [4.78, 5) is 0. The summed E-state index contributed by atoms with van der Waals surface area (Å²) in [5, 5.41) is 3.20. The number of fused-ring (bicyclic) bond motifs is 3. The van der Waals surface area contributed by atoms with Gasteiger partial charge >= 0.3 is 0 Å². The average Bonchev–Trinajstić information content (AvgIpc) is 2.49. The fraction of sp³-hybridized carbons (Fsp3) is 0.333. The standard InChI is InChI=1S/C15H16ClN/c1-15(2)8-13(17)11-7-12(16)9-5-3-4-6-10(9)14(11)15/h3-7,13H,8,17H2,1-2H3/t13-/m1/s1. The molecule has 1 nitrogen and oxygen atoms in total. The summed E-state index contributed by atoms with van der Waals surface area (Å²) < 4.78 is 0. The molecule has 2 aromatic rings. The average molecular weight is 246 g/mol. The number of hydrogen-bond acceptors (Lipinski definition) is 1. The number of halogens is 1. The Labute approximate surface area is 107 Å². The van der Waals surface area contributed by atoms with Crippen molar-refractivity contribution in [3.05, 3.63) is 46.5 Å². The molecule has 88 valence electrons. The third-order valence-corrected chi connectivity index (χ3v) is 4.14. The lowest BCUT2D eigenvalue weighted by Crippen LogP contribution is -2.14. The van der Waals surface area contributed by atoms with E-state index in [0.717, 1.165) is 16.8 Å². The van der Waals surface area contributed by atoms with Crippen molar-refractivity contribution in [3.8, 4) is 0 Å². The fourth-order valence-corrected chi connectivity index (χ4v) is 3.44. The van der Waals surface area contributed by atoms with Crippen molar-refractivity contribution in [1.82, 2.24) is 0 Å². The topological polar surface area (TPSA) is 26.0 Å². The van der Waals surface area contributed by atoms with E-state index in [1.165, 1.54) is 16.5 Å². The zero-order chi connectivity index (χ0) is 12.2. The summed E-state index contributed by atoms with van der Waals surface area (Å²) in [5.74, 6) is 0. The second-order valence-electron chi connectivity index (χ2n) is 5.56. The molecule has 2 heteroatoms. The largest absolute Gasteiger partial charge is 0.324 e. The highest BCUT2D eigenvalue weighted by Crippen LogP contribution is 2.48. The molecule has 0 saturated heterocycles. The number of rotatable bonds is 0. The van der Waals surface area contributed by atoms with Crippen molar-refractivity contribution < 1.29 is 0 Å². The second-order valence-corrected chi connectivity index (χ2v) is 5.97. The zero-order valence-corrected chi connectivity index (χ0v) is 10.9. The van der Waals surface area contributed by atoms with Crippen molar-refractivity contribution in [2.75, 3.05) is 0 Å². The van der Waals surface area contributed by atoms with Crippen molar-refractivity contribution in [1.29, 1.82) is 0 Å². The molecule has 1 aliphatic rings. The van der Waals surface area contributed by atoms with E-state index < -0.39 is 0 Å². The molecule has 0 amide bonds. The minimum Gasteiger partial charge on any atom is -0.324 e. The van der Waals surface area contributed by atoms with Gasteiger partial charge in [0.25, 0.3) is 0 Å². The van der Waals surface area contributed by atoms with Gasteiger partial charge < -0.3 is 5.73 Å². The molecule has 17 heavy (non-hydrogen) atoms. The zero-order valence-electron chi connectivity index (χ0n) is 10.1. The summed E-state index contributed by atoms with van der Waals surface area (Å²) in [6, 6.07) is 10.5. The van der Waals surface area contributed by atoms with E-state index in [-0.39, 0.29) is 11.5 Å². The summed E-state index contributed by atoms with van der Waals surface area (Å²) >= 11 is 6.34. The molecule has 0 radical (unpaired) electrons. The van der Waals surface area contributed by atoms with Crippen LogP contribution in [0.3, 0.4) is 0 Å². The molecule has 0 heterocycles. The second kappa shape index (κ2) is 3.47. The molecule has 2 N–H and O–H groups in total. The van der Waals surface area contributed by atoms with Crippen LogP contribution in [0, 0.1) is 0 Å². The number of nitrogens with two attached hydrogens (primary N) is 1. The summed E-state index contributed by atoms with van der Waals surface area (Å²) in [6.45, 7) is 4.53. The lowest BCUT2D eigenvalue weighted by Gasteiger charge is -2.21. The first-order chi connectivity index (χ1) is 8.00. The molecular weight excluding hydrogens is 230 g/mol. The maximum atomic E-state index is 6.34. The van der Waals surface area contributed by atoms with E-state index in [9.17, 15) is 0 Å². The van der Waals surface area contributed by atoms with E-state index in [1.54, 1.807) is 0 Å². The van der Waals surface area contributed by atoms with Gasteiger partial charge in [-0.15, -0.1) is 0 Å². The van der Waals surface area contributed by atoms with Gasteiger partial charge in [0, 0.05) is 16.5 Å². The van der Waals surface area contributed by atoms with Gasteiger partial charge in [0.15, 0.2) is 0 Å². The van der Waals surface area contributed by atoms with Crippen molar-refractivity contribution in [3.63, 3.8) is 0 Å². The van der Waals surface area contributed by atoms with Crippen LogP contribution in [0.1, 0.15) is 37.4 Å². The summed E-state index contributed by atoms with van der Waals surface area (Å²) in [6.07, 6.45) is 0.993. The fourth-order valence-electron chi connectivity index (χ4n) is 3.16. The number of hydrogen-bond donors (Lipinski definition) is 1. The molecule has 0 bridgehead atoms. The molecule has 0 fully saturated rings. The van der Waals surface area contributed by atoms with Crippen LogP contribution in [-0.4, -0.2) is 0 Å². The first-order valence-electron chi connectivity index (χ1n) is 5.98. The molecule has 0 saturated carbocycles. The Hall–Kier alpha value is -1.05. The Morgan fingerprint density at radius 3 is 2.59 bits per heavy atom. The van der Waals surface area contributed by atoms with Gasteiger partial charge in [-0.2, -0.15) is 0 Å². The van der Waals surface area contributed by atoms with E-state index in [1.807, 2.05) is 6.07 Å². The third-order valence-electron chi connectivity index (χ3n) is 3.83. The molecule has 0 aromatic heterocycles. The van der Waals surface area contributed by atoms with Crippen molar-refractivity contribution >= 4 is 22.4 Å². The molecule has 1 atom stereocenters. The van der Waals surface area contributed by atoms with E-state index in [0.29, 0.717) is 0 Å². The van der Waals surface area contributed by atoms with Gasteiger partial charge in [-0.25, -0.2) is 0 Å². The highest BCUT2D eigenvalue weighted by atomic mass is 35.5. The highest BCUT2D eigenvalue weighted by Gasteiger charge is 2.36. The van der Waals surface area contributed by atoms with Crippen molar-refractivity contribution in [2.45, 2.75) is 31.7 Å². The van der Waals surface area contributed by atoms with E-state index in [4.69, 9.17) is 17.3 Å². The monoisotopic (exact) mass is 245 g/mol. The Balaban J connectivity index is 2.47. The lowest BCUT2D eigenvalue weighted by molar-refractivity contribution is 0.483. The van der Waals surface area contributed by atoms with Crippen LogP contribution >= 0.6 is 11.6 Å². The molecule has 3 rings (SSSR count). The lowest BCUT2D eigenvalue weighted by atomic mass is 9.83. The van der Waals surface area contributed by atoms with Gasteiger partial charge in [-0.05, 0) is 34.4 Å². The van der Waals surface area contributed by atoms with Gasteiger partial charge in [-0.3, -0.25) is 0 Å². The minimum absolute atomic E-state index is 0.113. The quantitative estimate of drug-likeness (QED) is 0.741. The van der Waals surface area contributed by atoms with Crippen LogP contribution in [0.4, 0.5) is 0 Å². The predicted octanol–water partition coefficient (Wildman–Crippen LogP) is 4.17. The Morgan fingerprint density at radius 2 is 1.88 bits per heavy atom. The normalized spacial score (nSPS) is 21.8. The predicted molar refractivity (Wildman–Crippen MR) is 73.5 cm³/mol. The highest BCUT2D eigenvalue weighted by molar-refractivity contribution is 6.35. The Morgan fingerprint density at radius 1 is 1.24 bits per heavy atom. The molecule has 1 aliphatic carbocycles. The Bertz CT molecular complexity index is 601. The maximum absolute atomic E-state index is 6.34. The van der Waals surface area contributed by atoms with Gasteiger partial charge in [0.1, 0.15) is 0 Å². The SMILES string of the molecule is CC1(C)C[C@@H](N)c2cc(Cl)c3ccccc3c21. The van der Waals surface area contributed by atoms with Crippen molar-refractivity contribution in [2.24, 2.45) is 5.73 Å². The molecule has 0 spiro atoms. The Kier molecular flexibility index (Phi) is 2.26. The van der Waals surface area contributed by atoms with Gasteiger partial charge in [-0.1, -0.05) is 49.7 Å². The van der Waals surface area contributed by atoms with Crippen LogP contribution in [0.25, 0.3) is 10.8 Å². The minimum atomic E-state index is 0.113. The molecular formula is C15H16ClN. The van der Waals surface area contributed by atoms with Crippen LogP contribution in [-0.2, 0) is 5.41 Å². The van der Waals surface area contributed by atoms with Gasteiger partial charge in [0.05, 0.1) is 0 Å². The maximum Gasteiger partial charge on any atom is 0.0487 e. The third kappa shape index (κ3) is 1.50. The number of benzene rings is 2. The smallest absolute Gasteiger partial charge is 0.0487 e. The first-order valence-corrected chi connectivity index (χ1v) is 6.36. The summed E-state index contributed by atoms with van der Waals surface area (Å²) in [5.41, 5.74) is 8.96. The van der Waals surface area contributed by atoms with Crippen LogP contribution < -0.4 is 5.73 Å². The van der Waals surface area contributed by atoms with Crippen LogP contribution in [0.2, 0.25) is 5.02 Å². The van der Waals surface area contributed by atoms with Crippen LogP contribution in [0.15, 0.2) is 30.3 Å². The van der Waals surface area contributed by atoms with E-state index in [2.05, 4.69) is 38.1 Å². The molecule has 0 aliphatic heterocycles.